The number of hydrogen-bond donors (Lipinski definition) is 2. The Morgan fingerprint density at radius 3 is 3.11 bits per heavy atom. The van der Waals surface area contributed by atoms with E-state index in [4.69, 9.17) is 4.74 Å². The summed E-state index contributed by atoms with van der Waals surface area (Å²) < 4.78 is 9.07. The standard InChI is InChI=1S/C20H24N4O2S/c1-24-17(7-9-23-24)18-15(6-3-10-26-18)12-21-20(25)22-13-16-5-2-4-14-8-11-27-19(14)16/h2,4-5,7-9,11,15,18H,3,6,10,12-13H2,1H3,(H2,21,22,25)/t15-,18+/m0/s1. The van der Waals surface area contributed by atoms with Crippen molar-refractivity contribution in [3.63, 3.8) is 0 Å². The largest absolute Gasteiger partial charge is 0.372 e. The van der Waals surface area contributed by atoms with Gasteiger partial charge in [0.25, 0.3) is 0 Å². The van der Waals surface area contributed by atoms with Crippen LogP contribution in [0.3, 0.4) is 0 Å². The molecule has 4 rings (SSSR count). The topological polar surface area (TPSA) is 68.2 Å². The Hall–Kier alpha value is -2.38. The van der Waals surface area contributed by atoms with Crippen molar-refractivity contribution in [2.45, 2.75) is 25.5 Å². The Kier molecular flexibility index (Phi) is 5.40. The summed E-state index contributed by atoms with van der Waals surface area (Å²) in [5.41, 5.74) is 2.21. The number of carbonyl (C=O) groups is 1. The molecule has 0 saturated carbocycles. The SMILES string of the molecule is Cn1nccc1[C@@H]1OCCC[C@H]1CNC(=O)NCc1cccc2ccsc12. The Morgan fingerprint density at radius 1 is 1.33 bits per heavy atom. The van der Waals surface area contributed by atoms with E-state index in [1.165, 1.54) is 10.1 Å². The Morgan fingerprint density at radius 2 is 2.26 bits per heavy atom. The van der Waals surface area contributed by atoms with Gasteiger partial charge in [-0.05, 0) is 41.3 Å². The number of aromatic nitrogens is 2. The number of nitrogens with one attached hydrogen (secondary N) is 2. The van der Waals surface area contributed by atoms with Crippen LogP contribution < -0.4 is 10.6 Å². The first-order chi connectivity index (χ1) is 13.2. The molecule has 2 aromatic heterocycles. The molecule has 2 atom stereocenters. The lowest BCUT2D eigenvalue weighted by Gasteiger charge is -2.31. The molecule has 2 N–H and O–H groups in total. The molecule has 1 aliphatic rings. The van der Waals surface area contributed by atoms with Crippen LogP contribution in [0.25, 0.3) is 10.1 Å². The number of nitrogens with zero attached hydrogens (tertiary/aromatic N) is 2. The molecule has 1 fully saturated rings. The van der Waals surface area contributed by atoms with Gasteiger partial charge < -0.3 is 15.4 Å². The molecular weight excluding hydrogens is 360 g/mol. The van der Waals surface area contributed by atoms with Crippen molar-refractivity contribution < 1.29 is 9.53 Å². The first-order valence-corrected chi connectivity index (χ1v) is 10.2. The molecule has 0 radical (unpaired) electrons. The molecule has 7 heteroatoms. The molecule has 2 amide bonds. The van der Waals surface area contributed by atoms with Crippen LogP contribution in [0.4, 0.5) is 4.79 Å². The van der Waals surface area contributed by atoms with Gasteiger partial charge in [0.1, 0.15) is 6.10 Å². The number of thiophene rings is 1. The number of aryl methyl sites for hydroxylation is 1. The third kappa shape index (κ3) is 3.99. The van der Waals surface area contributed by atoms with E-state index in [1.807, 2.05) is 23.9 Å². The van der Waals surface area contributed by atoms with Crippen LogP contribution in [0.15, 0.2) is 41.9 Å². The molecule has 6 nitrogen and oxygen atoms in total. The summed E-state index contributed by atoms with van der Waals surface area (Å²) in [6.45, 7) is 1.87. The molecule has 0 spiro atoms. The quantitative estimate of drug-likeness (QED) is 0.706. The maximum atomic E-state index is 12.3. The van der Waals surface area contributed by atoms with Gasteiger partial charge in [-0.1, -0.05) is 18.2 Å². The molecule has 0 unspecified atom stereocenters. The minimum absolute atomic E-state index is 0.0218. The zero-order valence-electron chi connectivity index (χ0n) is 15.4. The summed E-state index contributed by atoms with van der Waals surface area (Å²) >= 11 is 1.71. The maximum Gasteiger partial charge on any atom is 0.315 e. The van der Waals surface area contributed by atoms with E-state index in [2.05, 4.69) is 39.3 Å². The normalized spacial score (nSPS) is 19.9. The van der Waals surface area contributed by atoms with Crippen molar-refractivity contribution in [3.8, 4) is 0 Å². The number of rotatable bonds is 5. The monoisotopic (exact) mass is 384 g/mol. The van der Waals surface area contributed by atoms with Gasteiger partial charge in [0.15, 0.2) is 0 Å². The molecule has 3 aromatic rings. The van der Waals surface area contributed by atoms with E-state index in [0.29, 0.717) is 13.1 Å². The zero-order chi connectivity index (χ0) is 18.6. The van der Waals surface area contributed by atoms with Gasteiger partial charge in [0.05, 0.1) is 5.69 Å². The molecule has 0 bridgehead atoms. The first-order valence-electron chi connectivity index (χ1n) is 9.28. The van der Waals surface area contributed by atoms with Crippen molar-refractivity contribution in [3.05, 3.63) is 53.2 Å². The van der Waals surface area contributed by atoms with Gasteiger partial charge in [0.2, 0.25) is 0 Å². The second-order valence-electron chi connectivity index (χ2n) is 6.89. The van der Waals surface area contributed by atoms with Crippen LogP contribution in [-0.4, -0.2) is 29.0 Å². The molecule has 27 heavy (non-hydrogen) atoms. The van der Waals surface area contributed by atoms with Crippen LogP contribution in [0.2, 0.25) is 0 Å². The van der Waals surface area contributed by atoms with Crippen LogP contribution in [0, 0.1) is 5.92 Å². The lowest BCUT2D eigenvalue weighted by atomic mass is 9.92. The molecule has 0 aliphatic carbocycles. The average molecular weight is 385 g/mol. The smallest absolute Gasteiger partial charge is 0.315 e. The van der Waals surface area contributed by atoms with Crippen LogP contribution in [-0.2, 0) is 18.3 Å². The van der Waals surface area contributed by atoms with Gasteiger partial charge in [0, 0.05) is 43.6 Å². The average Bonchev–Trinajstić information content (AvgIpc) is 3.34. The van der Waals surface area contributed by atoms with Gasteiger partial charge in [-0.15, -0.1) is 11.3 Å². The highest BCUT2D eigenvalue weighted by molar-refractivity contribution is 7.17. The number of urea groups is 1. The molecule has 1 aliphatic heterocycles. The molecular formula is C20H24N4O2S. The summed E-state index contributed by atoms with van der Waals surface area (Å²) in [5.74, 6) is 0.251. The Balaban J connectivity index is 1.33. The third-order valence-corrected chi connectivity index (χ3v) is 6.13. The van der Waals surface area contributed by atoms with E-state index in [1.54, 1.807) is 17.5 Å². The number of carbonyl (C=O) groups excluding carboxylic acids is 1. The van der Waals surface area contributed by atoms with Crippen molar-refractivity contribution in [1.29, 1.82) is 0 Å². The molecule has 1 saturated heterocycles. The van der Waals surface area contributed by atoms with E-state index >= 15 is 0 Å². The second-order valence-corrected chi connectivity index (χ2v) is 7.81. The van der Waals surface area contributed by atoms with Gasteiger partial charge >= 0.3 is 6.03 Å². The summed E-state index contributed by atoms with van der Waals surface area (Å²) in [7, 11) is 1.93. The number of ether oxygens (including phenoxy) is 1. The Bertz CT molecular complexity index is 919. The van der Waals surface area contributed by atoms with Crippen LogP contribution in [0.5, 0.6) is 0 Å². The lowest BCUT2D eigenvalue weighted by molar-refractivity contribution is -0.0314. The summed E-state index contributed by atoms with van der Waals surface area (Å²) in [6, 6.07) is 10.1. The van der Waals surface area contributed by atoms with Crippen molar-refractivity contribution >= 4 is 27.5 Å². The van der Waals surface area contributed by atoms with Crippen molar-refractivity contribution in [2.24, 2.45) is 13.0 Å². The highest BCUT2D eigenvalue weighted by Crippen LogP contribution is 2.32. The fourth-order valence-corrected chi connectivity index (χ4v) is 4.61. The first kappa shape index (κ1) is 18.0. The summed E-state index contributed by atoms with van der Waals surface area (Å²) in [6.07, 6.45) is 3.81. The number of fused-ring (bicyclic) bond motifs is 1. The number of benzene rings is 1. The highest BCUT2D eigenvalue weighted by atomic mass is 32.1. The predicted octanol–water partition coefficient (Wildman–Crippen LogP) is 3.60. The van der Waals surface area contributed by atoms with Crippen molar-refractivity contribution in [2.75, 3.05) is 13.2 Å². The third-order valence-electron chi connectivity index (χ3n) is 5.12. The van der Waals surface area contributed by atoms with Crippen LogP contribution in [0.1, 0.15) is 30.2 Å². The lowest BCUT2D eigenvalue weighted by Crippen LogP contribution is -2.40. The summed E-state index contributed by atoms with van der Waals surface area (Å²) in [4.78, 5) is 12.3. The van der Waals surface area contributed by atoms with E-state index in [0.717, 1.165) is 30.7 Å². The Labute approximate surface area is 162 Å². The predicted molar refractivity (Wildman–Crippen MR) is 107 cm³/mol. The van der Waals surface area contributed by atoms with Gasteiger partial charge in [-0.2, -0.15) is 5.10 Å². The molecule has 142 valence electrons. The van der Waals surface area contributed by atoms with E-state index in [-0.39, 0.29) is 18.1 Å². The fraction of sp³-hybridized carbons (Fsp3) is 0.400. The number of amides is 2. The number of hydrogen-bond acceptors (Lipinski definition) is 4. The van der Waals surface area contributed by atoms with Gasteiger partial charge in [-0.25, -0.2) is 4.79 Å². The zero-order valence-corrected chi connectivity index (χ0v) is 16.2. The molecule has 1 aromatic carbocycles. The van der Waals surface area contributed by atoms with Crippen molar-refractivity contribution in [1.82, 2.24) is 20.4 Å². The minimum Gasteiger partial charge on any atom is -0.372 e. The van der Waals surface area contributed by atoms with E-state index in [9.17, 15) is 4.79 Å². The maximum absolute atomic E-state index is 12.3. The molecule has 3 heterocycles. The second kappa shape index (κ2) is 8.10. The van der Waals surface area contributed by atoms with E-state index < -0.39 is 0 Å². The van der Waals surface area contributed by atoms with Crippen LogP contribution >= 0.6 is 11.3 Å². The summed E-state index contributed by atoms with van der Waals surface area (Å²) in [5, 5.41) is 13.5. The fourth-order valence-electron chi connectivity index (χ4n) is 3.70. The highest BCUT2D eigenvalue weighted by Gasteiger charge is 2.29. The van der Waals surface area contributed by atoms with Gasteiger partial charge in [-0.3, -0.25) is 4.68 Å². The minimum atomic E-state index is -0.141.